The summed E-state index contributed by atoms with van der Waals surface area (Å²) < 4.78 is 18.4. The van der Waals surface area contributed by atoms with Crippen LogP contribution in [-0.2, 0) is 4.74 Å². The SMILES string of the molecule is N[C@H](c1ccc(O)c(F)c1)C1CCOCC1. The van der Waals surface area contributed by atoms with E-state index in [0.29, 0.717) is 5.92 Å². The highest BCUT2D eigenvalue weighted by atomic mass is 19.1. The van der Waals surface area contributed by atoms with Gasteiger partial charge in [-0.05, 0) is 36.5 Å². The van der Waals surface area contributed by atoms with Gasteiger partial charge in [0.15, 0.2) is 11.6 Å². The minimum absolute atomic E-state index is 0.181. The third-order valence-electron chi connectivity index (χ3n) is 3.13. The number of hydrogen-bond acceptors (Lipinski definition) is 3. The van der Waals surface area contributed by atoms with Gasteiger partial charge in [0.05, 0.1) is 0 Å². The molecule has 4 heteroatoms. The molecule has 1 aliphatic heterocycles. The molecule has 0 spiro atoms. The molecule has 1 aliphatic rings. The molecule has 0 radical (unpaired) electrons. The monoisotopic (exact) mass is 225 g/mol. The van der Waals surface area contributed by atoms with Crippen molar-refractivity contribution in [2.24, 2.45) is 11.7 Å². The Labute approximate surface area is 94.0 Å². The maximum Gasteiger partial charge on any atom is 0.165 e. The number of ether oxygens (including phenoxy) is 1. The van der Waals surface area contributed by atoms with E-state index in [1.54, 1.807) is 6.07 Å². The van der Waals surface area contributed by atoms with Gasteiger partial charge in [0.2, 0.25) is 0 Å². The topological polar surface area (TPSA) is 55.5 Å². The second-order valence-corrected chi connectivity index (χ2v) is 4.19. The van der Waals surface area contributed by atoms with Gasteiger partial charge in [-0.1, -0.05) is 6.07 Å². The first kappa shape index (κ1) is 11.4. The molecule has 1 aromatic rings. The lowest BCUT2D eigenvalue weighted by molar-refractivity contribution is 0.0583. The standard InChI is InChI=1S/C12H16FNO2/c13-10-7-9(1-2-11(10)15)12(14)8-3-5-16-6-4-8/h1-2,7-8,12,15H,3-6,14H2/t12-/m0/s1. The fourth-order valence-corrected chi connectivity index (χ4v) is 2.08. The third kappa shape index (κ3) is 2.33. The van der Waals surface area contributed by atoms with Gasteiger partial charge in [-0.3, -0.25) is 0 Å². The molecule has 3 N–H and O–H groups in total. The summed E-state index contributed by atoms with van der Waals surface area (Å²) in [5.74, 6) is -0.611. The van der Waals surface area contributed by atoms with Crippen molar-refractivity contribution in [3.8, 4) is 5.75 Å². The van der Waals surface area contributed by atoms with Gasteiger partial charge < -0.3 is 15.6 Å². The minimum atomic E-state index is -0.611. The van der Waals surface area contributed by atoms with E-state index in [2.05, 4.69) is 0 Å². The molecule has 0 saturated carbocycles. The molecule has 0 amide bonds. The van der Waals surface area contributed by atoms with Crippen molar-refractivity contribution in [2.75, 3.05) is 13.2 Å². The molecule has 0 aromatic heterocycles. The highest BCUT2D eigenvalue weighted by molar-refractivity contribution is 5.30. The zero-order valence-electron chi connectivity index (χ0n) is 9.03. The molecule has 1 fully saturated rings. The molecule has 3 nitrogen and oxygen atoms in total. The van der Waals surface area contributed by atoms with E-state index in [0.717, 1.165) is 31.6 Å². The van der Waals surface area contributed by atoms with Gasteiger partial charge in [0, 0.05) is 19.3 Å². The number of aromatic hydroxyl groups is 1. The average Bonchev–Trinajstić information content (AvgIpc) is 2.33. The number of nitrogens with two attached hydrogens (primary N) is 1. The van der Waals surface area contributed by atoms with Crippen molar-refractivity contribution in [1.82, 2.24) is 0 Å². The molecule has 0 bridgehead atoms. The highest BCUT2D eigenvalue weighted by Gasteiger charge is 2.22. The maximum atomic E-state index is 13.2. The maximum absolute atomic E-state index is 13.2. The van der Waals surface area contributed by atoms with E-state index in [-0.39, 0.29) is 11.8 Å². The molecule has 88 valence electrons. The Bertz CT molecular complexity index is 364. The largest absolute Gasteiger partial charge is 0.505 e. The highest BCUT2D eigenvalue weighted by Crippen LogP contribution is 2.29. The lowest BCUT2D eigenvalue weighted by atomic mass is 9.88. The Hall–Kier alpha value is -1.13. The first-order valence-electron chi connectivity index (χ1n) is 5.50. The average molecular weight is 225 g/mol. The lowest BCUT2D eigenvalue weighted by Gasteiger charge is -2.27. The van der Waals surface area contributed by atoms with Crippen LogP contribution in [0.1, 0.15) is 24.4 Å². The second kappa shape index (κ2) is 4.80. The fourth-order valence-electron chi connectivity index (χ4n) is 2.08. The van der Waals surface area contributed by atoms with Gasteiger partial charge in [0.25, 0.3) is 0 Å². The first-order chi connectivity index (χ1) is 7.68. The quantitative estimate of drug-likeness (QED) is 0.809. The van der Waals surface area contributed by atoms with Gasteiger partial charge in [-0.2, -0.15) is 0 Å². The van der Waals surface area contributed by atoms with Crippen LogP contribution in [0.2, 0.25) is 0 Å². The van der Waals surface area contributed by atoms with Crippen LogP contribution >= 0.6 is 0 Å². The van der Waals surface area contributed by atoms with E-state index >= 15 is 0 Å². The molecule has 1 heterocycles. The van der Waals surface area contributed by atoms with Crippen molar-refractivity contribution in [3.05, 3.63) is 29.6 Å². The Kier molecular flexibility index (Phi) is 3.41. The van der Waals surface area contributed by atoms with E-state index in [9.17, 15) is 4.39 Å². The predicted octanol–water partition coefficient (Wildman–Crippen LogP) is 1.96. The number of halogens is 1. The Balaban J connectivity index is 2.12. The summed E-state index contributed by atoms with van der Waals surface area (Å²) in [6.07, 6.45) is 1.81. The zero-order valence-corrected chi connectivity index (χ0v) is 9.03. The van der Waals surface area contributed by atoms with E-state index in [1.807, 2.05) is 0 Å². The summed E-state index contributed by atoms with van der Waals surface area (Å²) in [7, 11) is 0. The summed E-state index contributed by atoms with van der Waals surface area (Å²) in [6.45, 7) is 1.44. The number of phenolic OH excluding ortho intramolecular Hbond substituents is 1. The molecule has 0 aliphatic carbocycles. The minimum Gasteiger partial charge on any atom is -0.505 e. The predicted molar refractivity (Wildman–Crippen MR) is 58.5 cm³/mol. The van der Waals surface area contributed by atoms with Crippen LogP contribution in [0.5, 0.6) is 5.75 Å². The van der Waals surface area contributed by atoms with Crippen LogP contribution in [0.3, 0.4) is 0 Å². The molecular formula is C12H16FNO2. The van der Waals surface area contributed by atoms with Crippen LogP contribution in [0.15, 0.2) is 18.2 Å². The van der Waals surface area contributed by atoms with Crippen molar-refractivity contribution >= 4 is 0 Å². The van der Waals surface area contributed by atoms with Crippen molar-refractivity contribution in [1.29, 1.82) is 0 Å². The van der Waals surface area contributed by atoms with Gasteiger partial charge >= 0.3 is 0 Å². The zero-order chi connectivity index (χ0) is 11.5. The fraction of sp³-hybridized carbons (Fsp3) is 0.500. The number of phenols is 1. The first-order valence-corrected chi connectivity index (χ1v) is 5.50. The molecular weight excluding hydrogens is 209 g/mol. The third-order valence-corrected chi connectivity index (χ3v) is 3.13. The van der Waals surface area contributed by atoms with E-state index < -0.39 is 5.82 Å². The Morgan fingerprint density at radius 3 is 2.69 bits per heavy atom. The van der Waals surface area contributed by atoms with Crippen LogP contribution < -0.4 is 5.73 Å². The van der Waals surface area contributed by atoms with Crippen molar-refractivity contribution in [2.45, 2.75) is 18.9 Å². The van der Waals surface area contributed by atoms with Crippen molar-refractivity contribution in [3.63, 3.8) is 0 Å². The lowest BCUT2D eigenvalue weighted by Crippen LogP contribution is -2.27. The Morgan fingerprint density at radius 2 is 2.06 bits per heavy atom. The number of rotatable bonds is 2. The second-order valence-electron chi connectivity index (χ2n) is 4.19. The van der Waals surface area contributed by atoms with E-state index in [1.165, 1.54) is 12.1 Å². The van der Waals surface area contributed by atoms with Crippen LogP contribution in [0, 0.1) is 11.7 Å². The summed E-state index contributed by atoms with van der Waals surface area (Å²) in [5, 5.41) is 9.10. The number of hydrogen-bond donors (Lipinski definition) is 2. The van der Waals surface area contributed by atoms with Crippen LogP contribution in [0.4, 0.5) is 4.39 Å². The normalized spacial score (nSPS) is 19.6. The summed E-state index contributed by atoms with van der Waals surface area (Å²) in [5.41, 5.74) is 6.82. The Morgan fingerprint density at radius 1 is 1.38 bits per heavy atom. The van der Waals surface area contributed by atoms with Crippen molar-refractivity contribution < 1.29 is 14.2 Å². The number of benzene rings is 1. The molecule has 0 unspecified atom stereocenters. The van der Waals surface area contributed by atoms with Crippen LogP contribution in [0.25, 0.3) is 0 Å². The van der Waals surface area contributed by atoms with Crippen LogP contribution in [-0.4, -0.2) is 18.3 Å². The smallest absolute Gasteiger partial charge is 0.165 e. The van der Waals surface area contributed by atoms with E-state index in [4.69, 9.17) is 15.6 Å². The summed E-state index contributed by atoms with van der Waals surface area (Å²) >= 11 is 0. The van der Waals surface area contributed by atoms with Gasteiger partial charge in [-0.25, -0.2) is 4.39 Å². The molecule has 1 aromatic carbocycles. The molecule has 1 saturated heterocycles. The van der Waals surface area contributed by atoms with Gasteiger partial charge in [0.1, 0.15) is 0 Å². The summed E-state index contributed by atoms with van der Waals surface area (Å²) in [6, 6.07) is 4.16. The molecule has 2 rings (SSSR count). The molecule has 1 atom stereocenters. The summed E-state index contributed by atoms with van der Waals surface area (Å²) in [4.78, 5) is 0. The van der Waals surface area contributed by atoms with Gasteiger partial charge in [-0.15, -0.1) is 0 Å². The molecule has 16 heavy (non-hydrogen) atoms.